The predicted octanol–water partition coefficient (Wildman–Crippen LogP) is 2.51. The second kappa shape index (κ2) is 4.24. The number of nitrogens with zero attached hydrogens (tertiary/aromatic N) is 1. The van der Waals surface area contributed by atoms with Gasteiger partial charge in [-0.3, -0.25) is 0 Å². The number of halogens is 2. The fourth-order valence-corrected chi connectivity index (χ4v) is 2.44. The van der Waals surface area contributed by atoms with Crippen molar-refractivity contribution in [2.24, 2.45) is 0 Å². The molecule has 0 saturated carbocycles. The molecule has 1 N–H and O–H groups in total. The third kappa shape index (κ3) is 1.75. The van der Waals surface area contributed by atoms with Gasteiger partial charge in [-0.05, 0) is 13.0 Å². The molecule has 1 atom stereocenters. The van der Waals surface area contributed by atoms with Crippen LogP contribution in [-0.2, 0) is 0 Å². The highest BCUT2D eigenvalue weighted by atomic mass is 19.2. The van der Waals surface area contributed by atoms with Crippen molar-refractivity contribution in [2.45, 2.75) is 13.0 Å². The molecule has 3 rings (SSSR count). The summed E-state index contributed by atoms with van der Waals surface area (Å²) in [5.41, 5.74) is 1.05. The molecule has 5 heteroatoms. The Morgan fingerprint density at radius 1 is 1.44 bits per heavy atom. The number of fused-ring (bicyclic) bond motifs is 1. The van der Waals surface area contributed by atoms with Crippen LogP contribution >= 0.6 is 0 Å². The zero-order valence-electron chi connectivity index (χ0n) is 10.0. The van der Waals surface area contributed by atoms with Gasteiger partial charge in [-0.25, -0.2) is 8.78 Å². The zero-order chi connectivity index (χ0) is 12.7. The molecule has 1 aliphatic heterocycles. The van der Waals surface area contributed by atoms with E-state index in [9.17, 15) is 8.78 Å². The maximum Gasteiger partial charge on any atom is 0.170 e. The number of rotatable bonds is 1. The van der Waals surface area contributed by atoms with Gasteiger partial charge < -0.3 is 14.6 Å². The maximum absolute atomic E-state index is 13.6. The van der Waals surface area contributed by atoms with Gasteiger partial charge in [-0.1, -0.05) is 0 Å². The van der Waals surface area contributed by atoms with Gasteiger partial charge in [-0.2, -0.15) is 0 Å². The maximum atomic E-state index is 13.6. The SMILES string of the molecule is C[C@H]1CN(c2cc(F)c(F)c3ccoc23)CCN1. The van der Waals surface area contributed by atoms with Crippen LogP contribution < -0.4 is 10.2 Å². The summed E-state index contributed by atoms with van der Waals surface area (Å²) in [6.45, 7) is 4.39. The van der Waals surface area contributed by atoms with E-state index < -0.39 is 11.6 Å². The van der Waals surface area contributed by atoms with E-state index >= 15 is 0 Å². The van der Waals surface area contributed by atoms with Crippen LogP contribution in [0.15, 0.2) is 22.8 Å². The minimum absolute atomic E-state index is 0.205. The third-order valence-corrected chi connectivity index (χ3v) is 3.32. The Kier molecular flexibility index (Phi) is 2.70. The first-order valence-corrected chi connectivity index (χ1v) is 6.00. The first-order chi connectivity index (χ1) is 8.66. The van der Waals surface area contributed by atoms with Crippen molar-refractivity contribution >= 4 is 16.7 Å². The van der Waals surface area contributed by atoms with Crippen molar-refractivity contribution in [2.75, 3.05) is 24.5 Å². The molecule has 0 bridgehead atoms. The van der Waals surface area contributed by atoms with E-state index in [1.54, 1.807) is 0 Å². The van der Waals surface area contributed by atoms with E-state index in [-0.39, 0.29) is 5.39 Å². The van der Waals surface area contributed by atoms with E-state index in [4.69, 9.17) is 4.42 Å². The minimum Gasteiger partial charge on any atom is -0.462 e. The standard InChI is InChI=1S/C13H14F2N2O/c1-8-7-17(4-3-16-8)11-6-10(14)12(15)9-2-5-18-13(9)11/h2,5-6,8,16H,3-4,7H2,1H3/t8-/m0/s1. The van der Waals surface area contributed by atoms with Crippen LogP contribution in [0, 0.1) is 11.6 Å². The summed E-state index contributed by atoms with van der Waals surface area (Å²) in [5.74, 6) is -1.67. The first kappa shape index (κ1) is 11.5. The van der Waals surface area contributed by atoms with Gasteiger partial charge in [0, 0.05) is 31.7 Å². The molecule has 96 valence electrons. The number of hydrogen-bond acceptors (Lipinski definition) is 3. The van der Waals surface area contributed by atoms with Gasteiger partial charge >= 0.3 is 0 Å². The van der Waals surface area contributed by atoms with Crippen molar-refractivity contribution in [3.63, 3.8) is 0 Å². The summed E-state index contributed by atoms with van der Waals surface area (Å²) >= 11 is 0. The van der Waals surface area contributed by atoms with E-state index in [1.165, 1.54) is 18.4 Å². The molecular formula is C13H14F2N2O. The van der Waals surface area contributed by atoms with Crippen LogP contribution in [0.2, 0.25) is 0 Å². The van der Waals surface area contributed by atoms with Gasteiger partial charge in [0.05, 0.1) is 17.3 Å². The molecule has 1 aromatic heterocycles. The Morgan fingerprint density at radius 2 is 2.28 bits per heavy atom. The zero-order valence-corrected chi connectivity index (χ0v) is 10.0. The van der Waals surface area contributed by atoms with Crippen LogP contribution in [0.1, 0.15) is 6.92 Å². The third-order valence-electron chi connectivity index (χ3n) is 3.32. The molecule has 18 heavy (non-hydrogen) atoms. The Bertz CT molecular complexity index is 582. The van der Waals surface area contributed by atoms with Crippen LogP contribution in [-0.4, -0.2) is 25.7 Å². The highest BCUT2D eigenvalue weighted by Gasteiger charge is 2.22. The van der Waals surface area contributed by atoms with Gasteiger partial charge in [0.1, 0.15) is 0 Å². The number of hydrogen-bond donors (Lipinski definition) is 1. The van der Waals surface area contributed by atoms with Gasteiger partial charge in [-0.15, -0.1) is 0 Å². The normalized spacial score (nSPS) is 20.6. The van der Waals surface area contributed by atoms with Crippen LogP contribution in [0.5, 0.6) is 0 Å². The van der Waals surface area contributed by atoms with E-state index in [0.717, 1.165) is 19.6 Å². The molecule has 0 amide bonds. The summed E-state index contributed by atoms with van der Waals surface area (Å²) in [5, 5.41) is 3.51. The average Bonchev–Trinajstić information content (AvgIpc) is 2.83. The fraction of sp³-hybridized carbons (Fsp3) is 0.385. The smallest absolute Gasteiger partial charge is 0.170 e. The van der Waals surface area contributed by atoms with Crippen LogP contribution in [0.25, 0.3) is 11.0 Å². The van der Waals surface area contributed by atoms with E-state index in [0.29, 0.717) is 17.3 Å². The largest absolute Gasteiger partial charge is 0.462 e. The number of nitrogens with one attached hydrogen (secondary N) is 1. The fourth-order valence-electron chi connectivity index (χ4n) is 2.44. The monoisotopic (exact) mass is 252 g/mol. The number of furan rings is 1. The summed E-state index contributed by atoms with van der Waals surface area (Å²) < 4.78 is 32.5. The van der Waals surface area contributed by atoms with Crippen molar-refractivity contribution in [3.05, 3.63) is 30.0 Å². The van der Waals surface area contributed by atoms with E-state index in [2.05, 4.69) is 12.2 Å². The molecule has 0 spiro atoms. The Balaban J connectivity index is 2.11. The highest BCUT2D eigenvalue weighted by molar-refractivity contribution is 5.90. The Morgan fingerprint density at radius 3 is 3.06 bits per heavy atom. The van der Waals surface area contributed by atoms with Crippen molar-refractivity contribution in [1.82, 2.24) is 5.32 Å². The average molecular weight is 252 g/mol. The molecule has 1 fully saturated rings. The predicted molar refractivity (Wildman–Crippen MR) is 65.8 cm³/mol. The number of anilines is 1. The molecule has 2 aromatic rings. The van der Waals surface area contributed by atoms with E-state index in [1.807, 2.05) is 4.90 Å². The second-order valence-electron chi connectivity index (χ2n) is 4.66. The lowest BCUT2D eigenvalue weighted by atomic mass is 10.1. The topological polar surface area (TPSA) is 28.4 Å². The highest BCUT2D eigenvalue weighted by Crippen LogP contribution is 2.32. The van der Waals surface area contributed by atoms with Crippen LogP contribution in [0.3, 0.4) is 0 Å². The lowest BCUT2D eigenvalue weighted by molar-refractivity contribution is 0.480. The number of benzene rings is 1. The first-order valence-electron chi connectivity index (χ1n) is 6.00. The van der Waals surface area contributed by atoms with Crippen molar-refractivity contribution in [3.8, 4) is 0 Å². The Labute approximate surface area is 103 Å². The molecule has 1 saturated heterocycles. The molecular weight excluding hydrogens is 238 g/mol. The molecule has 2 heterocycles. The number of piperazine rings is 1. The second-order valence-corrected chi connectivity index (χ2v) is 4.66. The lowest BCUT2D eigenvalue weighted by Crippen LogP contribution is -2.49. The van der Waals surface area contributed by atoms with Crippen molar-refractivity contribution in [1.29, 1.82) is 0 Å². The molecule has 1 aliphatic rings. The van der Waals surface area contributed by atoms with Gasteiger partial charge in [0.2, 0.25) is 0 Å². The summed E-state index contributed by atoms with van der Waals surface area (Å²) in [6, 6.07) is 3.00. The molecule has 0 unspecified atom stereocenters. The van der Waals surface area contributed by atoms with Crippen molar-refractivity contribution < 1.29 is 13.2 Å². The Hall–Kier alpha value is -1.62. The minimum atomic E-state index is -0.842. The summed E-state index contributed by atoms with van der Waals surface area (Å²) in [6.07, 6.45) is 1.39. The quantitative estimate of drug-likeness (QED) is 0.845. The lowest BCUT2D eigenvalue weighted by Gasteiger charge is -2.33. The summed E-state index contributed by atoms with van der Waals surface area (Å²) in [7, 11) is 0. The van der Waals surface area contributed by atoms with Gasteiger partial charge in [0.15, 0.2) is 17.2 Å². The summed E-state index contributed by atoms with van der Waals surface area (Å²) in [4.78, 5) is 2.02. The molecule has 0 aliphatic carbocycles. The molecule has 0 radical (unpaired) electrons. The van der Waals surface area contributed by atoms with Gasteiger partial charge in [0.25, 0.3) is 0 Å². The molecule has 3 nitrogen and oxygen atoms in total. The van der Waals surface area contributed by atoms with Crippen LogP contribution in [0.4, 0.5) is 14.5 Å². The molecule has 1 aromatic carbocycles.